The predicted octanol–water partition coefficient (Wildman–Crippen LogP) is 3.34. The molecule has 0 bridgehead atoms. The highest BCUT2D eigenvalue weighted by molar-refractivity contribution is 7.94. The monoisotopic (exact) mass is 366 g/mol. The lowest BCUT2D eigenvalue weighted by Gasteiger charge is -2.33. The average molecular weight is 367 g/mol. The van der Waals surface area contributed by atoms with Crippen molar-refractivity contribution in [1.29, 1.82) is 0 Å². The minimum absolute atomic E-state index is 0.212. The lowest BCUT2D eigenvalue weighted by Crippen LogP contribution is -2.41. The first-order valence-corrected chi connectivity index (χ1v) is 10.4. The molecule has 1 aromatic heterocycles. The predicted molar refractivity (Wildman–Crippen MR) is 98.6 cm³/mol. The van der Waals surface area contributed by atoms with Crippen LogP contribution in [-0.2, 0) is 21.2 Å². The highest BCUT2D eigenvalue weighted by Crippen LogP contribution is 2.26. The number of rotatable bonds is 5. The molecule has 2 heterocycles. The second kappa shape index (κ2) is 7.13. The summed E-state index contributed by atoms with van der Waals surface area (Å²) in [5, 5.41) is 0. The first-order chi connectivity index (χ1) is 11.5. The van der Waals surface area contributed by atoms with E-state index in [4.69, 9.17) is 4.74 Å². The van der Waals surface area contributed by atoms with Gasteiger partial charge in [-0.15, -0.1) is 11.3 Å². The maximum atomic E-state index is 12.4. The Morgan fingerprint density at radius 1 is 1.25 bits per heavy atom. The zero-order chi connectivity index (χ0) is 17.2. The quantitative estimate of drug-likeness (QED) is 0.882. The van der Waals surface area contributed by atoms with Gasteiger partial charge in [-0.1, -0.05) is 6.92 Å². The molecule has 5 nitrogen and oxygen atoms in total. The van der Waals surface area contributed by atoms with E-state index in [1.54, 1.807) is 18.2 Å². The van der Waals surface area contributed by atoms with E-state index < -0.39 is 10.0 Å². The van der Waals surface area contributed by atoms with Gasteiger partial charge in [0.05, 0.1) is 12.7 Å². The van der Waals surface area contributed by atoms with Gasteiger partial charge in [-0.25, -0.2) is 8.42 Å². The molecule has 1 atom stereocenters. The van der Waals surface area contributed by atoms with Crippen molar-refractivity contribution in [2.45, 2.75) is 30.6 Å². The molecule has 1 saturated heterocycles. The van der Waals surface area contributed by atoms with Crippen LogP contribution in [-0.4, -0.2) is 34.2 Å². The van der Waals surface area contributed by atoms with Gasteiger partial charge in [0.25, 0.3) is 10.0 Å². The number of hydrogen-bond acceptors (Lipinski definition) is 5. The molecular weight excluding hydrogens is 344 g/mol. The third kappa shape index (κ3) is 3.91. The number of anilines is 2. The van der Waals surface area contributed by atoms with Gasteiger partial charge >= 0.3 is 0 Å². The van der Waals surface area contributed by atoms with Crippen LogP contribution in [0.4, 0.5) is 11.4 Å². The van der Waals surface area contributed by atoms with E-state index >= 15 is 0 Å². The maximum absolute atomic E-state index is 12.4. The number of nitrogens with zero attached hydrogens (tertiary/aromatic N) is 1. The fourth-order valence-electron chi connectivity index (χ4n) is 2.69. The summed E-state index contributed by atoms with van der Waals surface area (Å²) < 4.78 is 33.4. The van der Waals surface area contributed by atoms with Gasteiger partial charge in [-0.05, 0) is 49.7 Å². The molecule has 0 amide bonds. The Hall–Kier alpha value is -1.57. The Kier molecular flexibility index (Phi) is 5.12. The molecule has 1 aromatic carbocycles. The van der Waals surface area contributed by atoms with Crippen molar-refractivity contribution in [2.24, 2.45) is 0 Å². The first-order valence-electron chi connectivity index (χ1n) is 8.06. The third-order valence-electron chi connectivity index (χ3n) is 3.98. The van der Waals surface area contributed by atoms with Crippen molar-refractivity contribution in [3.63, 3.8) is 0 Å². The van der Waals surface area contributed by atoms with E-state index in [0.717, 1.165) is 30.1 Å². The van der Waals surface area contributed by atoms with Crippen LogP contribution >= 0.6 is 11.3 Å². The minimum atomic E-state index is -3.51. The number of morpholine rings is 1. The van der Waals surface area contributed by atoms with Crippen LogP contribution in [0.15, 0.2) is 40.6 Å². The molecule has 0 aliphatic carbocycles. The lowest BCUT2D eigenvalue weighted by atomic mass is 10.2. The van der Waals surface area contributed by atoms with Crippen LogP contribution in [0.25, 0.3) is 0 Å². The molecule has 1 aliphatic rings. The van der Waals surface area contributed by atoms with Crippen molar-refractivity contribution in [3.05, 3.63) is 41.3 Å². The Labute approximate surface area is 147 Å². The standard InChI is InChI=1S/C17H22N2O3S2/c1-3-16-8-9-17(23-16)24(20,21)18-14-4-6-15(7-5-14)19-10-11-22-13(2)12-19/h4-9,13,18H,3,10-12H2,1-2H3. The summed E-state index contributed by atoms with van der Waals surface area (Å²) in [6.45, 7) is 6.49. The molecule has 2 aromatic rings. The zero-order valence-corrected chi connectivity index (χ0v) is 15.5. The number of benzene rings is 1. The average Bonchev–Trinajstić information content (AvgIpc) is 3.05. The summed E-state index contributed by atoms with van der Waals surface area (Å²) in [5.74, 6) is 0. The van der Waals surface area contributed by atoms with Crippen LogP contribution < -0.4 is 9.62 Å². The second-order valence-electron chi connectivity index (χ2n) is 5.85. The van der Waals surface area contributed by atoms with Crippen LogP contribution in [0.2, 0.25) is 0 Å². The highest BCUT2D eigenvalue weighted by Gasteiger charge is 2.19. The molecule has 1 N–H and O–H groups in total. The smallest absolute Gasteiger partial charge is 0.271 e. The van der Waals surface area contributed by atoms with Gasteiger partial charge in [-0.2, -0.15) is 0 Å². The number of ether oxygens (including phenoxy) is 1. The number of thiophene rings is 1. The molecule has 0 spiro atoms. The van der Waals surface area contributed by atoms with E-state index in [9.17, 15) is 8.42 Å². The maximum Gasteiger partial charge on any atom is 0.271 e. The molecule has 0 radical (unpaired) electrons. The van der Waals surface area contributed by atoms with E-state index in [1.807, 2.05) is 25.1 Å². The van der Waals surface area contributed by atoms with E-state index in [-0.39, 0.29) is 6.10 Å². The molecule has 3 rings (SSSR count). The molecule has 24 heavy (non-hydrogen) atoms. The Morgan fingerprint density at radius 3 is 2.62 bits per heavy atom. The van der Waals surface area contributed by atoms with Gasteiger partial charge in [0, 0.05) is 29.3 Å². The number of nitrogens with one attached hydrogen (secondary N) is 1. The second-order valence-corrected chi connectivity index (χ2v) is 8.93. The minimum Gasteiger partial charge on any atom is -0.375 e. The van der Waals surface area contributed by atoms with Crippen molar-refractivity contribution in [1.82, 2.24) is 0 Å². The Morgan fingerprint density at radius 2 is 2.00 bits per heavy atom. The first kappa shape index (κ1) is 17.3. The molecule has 1 unspecified atom stereocenters. The molecule has 1 aliphatic heterocycles. The zero-order valence-electron chi connectivity index (χ0n) is 13.9. The number of aryl methyl sites for hydroxylation is 1. The van der Waals surface area contributed by atoms with E-state index in [0.29, 0.717) is 16.5 Å². The van der Waals surface area contributed by atoms with Crippen LogP contribution in [0, 0.1) is 0 Å². The summed E-state index contributed by atoms with van der Waals surface area (Å²) in [7, 11) is -3.51. The molecule has 0 saturated carbocycles. The van der Waals surface area contributed by atoms with Gasteiger partial charge < -0.3 is 9.64 Å². The Bertz CT molecular complexity index is 784. The highest BCUT2D eigenvalue weighted by atomic mass is 32.2. The summed E-state index contributed by atoms with van der Waals surface area (Å²) in [4.78, 5) is 3.31. The SMILES string of the molecule is CCc1ccc(S(=O)(=O)Nc2ccc(N3CCOC(C)C3)cc2)s1. The van der Waals surface area contributed by atoms with Crippen LogP contribution in [0.3, 0.4) is 0 Å². The normalized spacial score (nSPS) is 18.6. The molecule has 7 heteroatoms. The number of sulfonamides is 1. The number of hydrogen-bond donors (Lipinski definition) is 1. The summed E-state index contributed by atoms with van der Waals surface area (Å²) in [6, 6.07) is 11.0. The largest absolute Gasteiger partial charge is 0.375 e. The van der Waals surface area contributed by atoms with Crippen LogP contribution in [0.1, 0.15) is 18.7 Å². The topological polar surface area (TPSA) is 58.6 Å². The van der Waals surface area contributed by atoms with E-state index in [2.05, 4.69) is 16.5 Å². The fourth-order valence-corrected chi connectivity index (χ4v) is 5.05. The summed E-state index contributed by atoms with van der Waals surface area (Å²) in [5.41, 5.74) is 1.66. The van der Waals surface area contributed by atoms with E-state index in [1.165, 1.54) is 11.3 Å². The molecule has 130 valence electrons. The summed E-state index contributed by atoms with van der Waals surface area (Å²) >= 11 is 1.31. The van der Waals surface area contributed by atoms with Crippen molar-refractivity contribution in [2.75, 3.05) is 29.3 Å². The fraction of sp³-hybridized carbons (Fsp3) is 0.412. The van der Waals surface area contributed by atoms with Gasteiger partial charge in [0.15, 0.2) is 0 Å². The van der Waals surface area contributed by atoms with Gasteiger partial charge in [-0.3, -0.25) is 4.72 Å². The van der Waals surface area contributed by atoms with Gasteiger partial charge in [0.1, 0.15) is 4.21 Å². The van der Waals surface area contributed by atoms with Crippen molar-refractivity contribution >= 4 is 32.7 Å². The molecular formula is C17H22N2O3S2. The van der Waals surface area contributed by atoms with Crippen molar-refractivity contribution < 1.29 is 13.2 Å². The van der Waals surface area contributed by atoms with Gasteiger partial charge in [0.2, 0.25) is 0 Å². The Balaban J connectivity index is 1.71. The third-order valence-corrected chi connectivity index (χ3v) is 7.08. The lowest BCUT2D eigenvalue weighted by molar-refractivity contribution is 0.0532. The molecule has 1 fully saturated rings. The summed E-state index contributed by atoms with van der Waals surface area (Å²) in [6.07, 6.45) is 1.05. The van der Waals surface area contributed by atoms with Crippen LogP contribution in [0.5, 0.6) is 0 Å². The van der Waals surface area contributed by atoms with Crippen molar-refractivity contribution in [3.8, 4) is 0 Å².